The first-order chi connectivity index (χ1) is 8.79. The Morgan fingerprint density at radius 2 is 1.94 bits per heavy atom. The summed E-state index contributed by atoms with van der Waals surface area (Å²) in [6.45, 7) is 5.53. The van der Waals surface area contributed by atoms with Gasteiger partial charge in [0.1, 0.15) is 0 Å². The van der Waals surface area contributed by atoms with Crippen LogP contribution in [0.3, 0.4) is 0 Å². The molecule has 0 heterocycles. The van der Waals surface area contributed by atoms with Crippen LogP contribution in [0.15, 0.2) is 35.2 Å². The fourth-order valence-corrected chi connectivity index (χ4v) is 3.30. The van der Waals surface area contributed by atoms with Crippen LogP contribution < -0.4 is 0 Å². The van der Waals surface area contributed by atoms with Gasteiger partial charge in [-0.15, -0.1) is 0 Å². The zero-order valence-corrected chi connectivity index (χ0v) is 12.0. The van der Waals surface area contributed by atoms with Crippen LogP contribution in [0, 0.1) is 5.92 Å². The van der Waals surface area contributed by atoms with Crippen LogP contribution in [0.5, 0.6) is 0 Å². The topological polar surface area (TPSA) is 20.3 Å². The Balaban J connectivity index is 1.79. The first kappa shape index (κ1) is 13.8. The highest BCUT2D eigenvalue weighted by molar-refractivity contribution is 7.85. The highest BCUT2D eigenvalue weighted by Crippen LogP contribution is 2.29. The Hall–Kier alpha value is -0.670. The Labute approximate surface area is 113 Å². The second kappa shape index (κ2) is 7.05. The van der Waals surface area contributed by atoms with Crippen molar-refractivity contribution < 1.29 is 4.21 Å². The van der Waals surface area contributed by atoms with E-state index >= 15 is 0 Å². The maximum Gasteiger partial charge on any atom is 0.0542 e. The zero-order chi connectivity index (χ0) is 12.8. The third kappa shape index (κ3) is 4.54. The van der Waals surface area contributed by atoms with E-state index in [0.29, 0.717) is 0 Å². The maximum atomic E-state index is 12.1. The molecule has 0 radical (unpaired) electrons. The monoisotopic (exact) mass is 265 g/mol. The quantitative estimate of drug-likeness (QED) is 0.720. The normalized spacial score (nSPS) is 17.0. The third-order valence-electron chi connectivity index (χ3n) is 3.35. The minimum atomic E-state index is -0.844. The average Bonchev–Trinajstić information content (AvgIpc) is 3.21. The molecule has 1 saturated carbocycles. The van der Waals surface area contributed by atoms with E-state index in [1.54, 1.807) is 0 Å². The average molecular weight is 265 g/mol. The predicted octanol–water partition coefficient (Wildman–Crippen LogP) is 2.92. The van der Waals surface area contributed by atoms with Crippen LogP contribution in [0.2, 0.25) is 0 Å². The summed E-state index contributed by atoms with van der Waals surface area (Å²) in [7, 11) is -0.844. The van der Waals surface area contributed by atoms with Gasteiger partial charge in [0.05, 0.1) is 10.8 Å². The molecule has 2 nitrogen and oxygen atoms in total. The second-order valence-electron chi connectivity index (χ2n) is 5.11. The Bertz CT molecular complexity index is 375. The summed E-state index contributed by atoms with van der Waals surface area (Å²) >= 11 is 0. The SMILES string of the molecule is CCCN(CCS(=O)c1ccccc1)CC1CC1. The molecule has 0 bridgehead atoms. The Kier molecular flexibility index (Phi) is 5.39. The van der Waals surface area contributed by atoms with E-state index in [4.69, 9.17) is 0 Å². The van der Waals surface area contributed by atoms with Gasteiger partial charge in [-0.05, 0) is 43.9 Å². The fraction of sp³-hybridized carbons (Fsp3) is 0.600. The molecule has 0 N–H and O–H groups in total. The summed E-state index contributed by atoms with van der Waals surface area (Å²) in [6, 6.07) is 9.81. The lowest BCUT2D eigenvalue weighted by Gasteiger charge is -2.21. The van der Waals surface area contributed by atoms with Crippen LogP contribution in [0.1, 0.15) is 26.2 Å². The zero-order valence-electron chi connectivity index (χ0n) is 11.2. The van der Waals surface area contributed by atoms with Gasteiger partial charge in [0.15, 0.2) is 0 Å². The van der Waals surface area contributed by atoms with E-state index in [9.17, 15) is 4.21 Å². The molecular formula is C15H23NOS. The van der Waals surface area contributed by atoms with Crippen molar-refractivity contribution in [2.45, 2.75) is 31.1 Å². The summed E-state index contributed by atoms with van der Waals surface area (Å²) in [4.78, 5) is 3.44. The predicted molar refractivity (Wildman–Crippen MR) is 77.2 cm³/mol. The molecule has 1 aliphatic rings. The molecule has 1 aliphatic carbocycles. The van der Waals surface area contributed by atoms with E-state index in [2.05, 4.69) is 11.8 Å². The minimum absolute atomic E-state index is 0.761. The molecule has 0 saturated heterocycles. The number of hydrogen-bond donors (Lipinski definition) is 0. The van der Waals surface area contributed by atoms with Crippen molar-refractivity contribution in [3.63, 3.8) is 0 Å². The third-order valence-corrected chi connectivity index (χ3v) is 4.70. The molecule has 18 heavy (non-hydrogen) atoms. The number of hydrogen-bond acceptors (Lipinski definition) is 2. The molecule has 1 aromatic carbocycles. The van der Waals surface area contributed by atoms with Crippen LogP contribution >= 0.6 is 0 Å². The number of benzene rings is 1. The van der Waals surface area contributed by atoms with E-state index in [0.717, 1.165) is 29.7 Å². The molecular weight excluding hydrogens is 242 g/mol. The van der Waals surface area contributed by atoms with Crippen molar-refractivity contribution in [3.8, 4) is 0 Å². The number of nitrogens with zero attached hydrogens (tertiary/aromatic N) is 1. The van der Waals surface area contributed by atoms with E-state index < -0.39 is 10.8 Å². The summed E-state index contributed by atoms with van der Waals surface area (Å²) in [5.74, 6) is 1.68. The molecule has 3 heteroatoms. The van der Waals surface area contributed by atoms with Crippen molar-refractivity contribution in [1.82, 2.24) is 4.90 Å². The van der Waals surface area contributed by atoms with E-state index in [1.807, 2.05) is 30.3 Å². The molecule has 1 aromatic rings. The first-order valence-corrected chi connectivity index (χ1v) is 8.27. The van der Waals surface area contributed by atoms with Crippen LogP contribution in [0.25, 0.3) is 0 Å². The summed E-state index contributed by atoms with van der Waals surface area (Å²) in [5.41, 5.74) is 0. The minimum Gasteiger partial charge on any atom is -0.302 e. The van der Waals surface area contributed by atoms with Crippen LogP contribution in [-0.2, 0) is 10.8 Å². The van der Waals surface area contributed by atoms with Crippen molar-refractivity contribution >= 4 is 10.8 Å². The lowest BCUT2D eigenvalue weighted by atomic mass is 10.3. The maximum absolute atomic E-state index is 12.1. The highest BCUT2D eigenvalue weighted by Gasteiger charge is 2.23. The highest BCUT2D eigenvalue weighted by atomic mass is 32.2. The van der Waals surface area contributed by atoms with E-state index in [-0.39, 0.29) is 0 Å². The van der Waals surface area contributed by atoms with Gasteiger partial charge >= 0.3 is 0 Å². The largest absolute Gasteiger partial charge is 0.302 e. The van der Waals surface area contributed by atoms with Crippen LogP contribution in [-0.4, -0.2) is 34.5 Å². The van der Waals surface area contributed by atoms with Gasteiger partial charge in [-0.1, -0.05) is 25.1 Å². The van der Waals surface area contributed by atoms with Gasteiger partial charge < -0.3 is 4.90 Å². The lowest BCUT2D eigenvalue weighted by Crippen LogP contribution is -2.30. The van der Waals surface area contributed by atoms with Gasteiger partial charge in [-0.3, -0.25) is 4.21 Å². The molecule has 100 valence electrons. The van der Waals surface area contributed by atoms with Gasteiger partial charge in [0.25, 0.3) is 0 Å². The molecule has 2 rings (SSSR count). The molecule has 1 atom stereocenters. The van der Waals surface area contributed by atoms with Gasteiger partial charge in [-0.2, -0.15) is 0 Å². The molecule has 0 aromatic heterocycles. The molecule has 1 fully saturated rings. The van der Waals surface area contributed by atoms with E-state index in [1.165, 1.54) is 25.8 Å². The van der Waals surface area contributed by atoms with Gasteiger partial charge in [0, 0.05) is 23.7 Å². The van der Waals surface area contributed by atoms with Crippen molar-refractivity contribution in [2.24, 2.45) is 5.92 Å². The van der Waals surface area contributed by atoms with Gasteiger partial charge in [0.2, 0.25) is 0 Å². The van der Waals surface area contributed by atoms with Gasteiger partial charge in [-0.25, -0.2) is 0 Å². The summed E-state index contributed by atoms with van der Waals surface area (Å²) in [5, 5.41) is 0. The second-order valence-corrected chi connectivity index (χ2v) is 6.68. The van der Waals surface area contributed by atoms with Crippen molar-refractivity contribution in [1.29, 1.82) is 0 Å². The van der Waals surface area contributed by atoms with Crippen molar-refractivity contribution in [2.75, 3.05) is 25.4 Å². The molecule has 0 amide bonds. The molecule has 0 spiro atoms. The lowest BCUT2D eigenvalue weighted by molar-refractivity contribution is 0.279. The Morgan fingerprint density at radius 3 is 2.56 bits per heavy atom. The van der Waals surface area contributed by atoms with Crippen LogP contribution in [0.4, 0.5) is 0 Å². The van der Waals surface area contributed by atoms with Crippen molar-refractivity contribution in [3.05, 3.63) is 30.3 Å². The number of rotatable bonds is 8. The smallest absolute Gasteiger partial charge is 0.0542 e. The fourth-order valence-electron chi connectivity index (χ4n) is 2.18. The molecule has 1 unspecified atom stereocenters. The first-order valence-electron chi connectivity index (χ1n) is 6.95. The Morgan fingerprint density at radius 1 is 1.22 bits per heavy atom. The summed E-state index contributed by atoms with van der Waals surface area (Å²) < 4.78 is 12.1. The summed E-state index contributed by atoms with van der Waals surface area (Å²) in [6.07, 6.45) is 3.97. The standard InChI is InChI=1S/C15H23NOS/c1-2-10-16(13-14-8-9-14)11-12-18(17)15-6-4-3-5-7-15/h3-7,14H,2,8-13H2,1H3. The molecule has 0 aliphatic heterocycles.